The first-order valence-electron chi connectivity index (χ1n) is 9.09. The molecule has 0 bridgehead atoms. The first kappa shape index (κ1) is 20.5. The Morgan fingerprint density at radius 2 is 1.64 bits per heavy atom. The van der Waals surface area contributed by atoms with Gasteiger partial charge in [0.2, 0.25) is 0 Å². The van der Waals surface area contributed by atoms with E-state index in [1.807, 2.05) is 54.6 Å². The fourth-order valence-corrected chi connectivity index (χ4v) is 3.39. The molecule has 0 saturated carbocycles. The summed E-state index contributed by atoms with van der Waals surface area (Å²) in [5.41, 5.74) is 3.15. The second-order valence-electron chi connectivity index (χ2n) is 6.50. The molecule has 3 nitrogen and oxygen atoms in total. The van der Waals surface area contributed by atoms with Crippen molar-refractivity contribution >= 4 is 23.2 Å². The number of nitrogens with one attached hydrogen (secondary N) is 1. The van der Waals surface area contributed by atoms with E-state index in [0.29, 0.717) is 34.7 Å². The van der Waals surface area contributed by atoms with Gasteiger partial charge in [-0.1, -0.05) is 71.7 Å². The smallest absolute Gasteiger partial charge is 0.180 e. The van der Waals surface area contributed by atoms with E-state index < -0.39 is 0 Å². The maximum atomic E-state index is 6.49. The van der Waals surface area contributed by atoms with Gasteiger partial charge in [0.05, 0.1) is 12.1 Å². The van der Waals surface area contributed by atoms with Gasteiger partial charge in [-0.15, -0.1) is 0 Å². The predicted molar refractivity (Wildman–Crippen MR) is 115 cm³/mol. The molecule has 0 unspecified atom stereocenters. The Kier molecular flexibility index (Phi) is 7.21. The number of hydrogen-bond donors (Lipinski definition) is 1. The Morgan fingerprint density at radius 3 is 2.36 bits per heavy atom. The van der Waals surface area contributed by atoms with Crippen LogP contribution in [0.4, 0.5) is 0 Å². The van der Waals surface area contributed by atoms with Crippen molar-refractivity contribution in [1.82, 2.24) is 5.32 Å². The van der Waals surface area contributed by atoms with Gasteiger partial charge < -0.3 is 14.8 Å². The summed E-state index contributed by atoms with van der Waals surface area (Å²) in [6.07, 6.45) is 0. The van der Waals surface area contributed by atoms with Gasteiger partial charge in [0, 0.05) is 23.2 Å². The molecule has 0 amide bonds. The Balaban J connectivity index is 1.69. The Morgan fingerprint density at radius 1 is 0.929 bits per heavy atom. The maximum Gasteiger partial charge on any atom is 0.180 e. The number of halogens is 2. The van der Waals surface area contributed by atoms with Gasteiger partial charge in [-0.3, -0.25) is 0 Å². The SMILES string of the molecule is COc1cc(CN[C@H](C)c2ccccc2)cc(Cl)c1OCc1ccccc1Cl. The van der Waals surface area contributed by atoms with Gasteiger partial charge in [-0.05, 0) is 36.2 Å². The highest BCUT2D eigenvalue weighted by molar-refractivity contribution is 6.32. The molecule has 3 aromatic carbocycles. The van der Waals surface area contributed by atoms with E-state index in [2.05, 4.69) is 24.4 Å². The number of ether oxygens (including phenoxy) is 2. The van der Waals surface area contributed by atoms with E-state index in [9.17, 15) is 0 Å². The summed E-state index contributed by atoms with van der Waals surface area (Å²) in [5, 5.41) is 4.68. The summed E-state index contributed by atoms with van der Waals surface area (Å²) in [6.45, 7) is 3.12. The molecule has 1 atom stereocenters. The van der Waals surface area contributed by atoms with Crippen molar-refractivity contribution in [3.63, 3.8) is 0 Å². The van der Waals surface area contributed by atoms with Crippen molar-refractivity contribution in [3.8, 4) is 11.5 Å². The summed E-state index contributed by atoms with van der Waals surface area (Å²) < 4.78 is 11.4. The molecule has 1 N–H and O–H groups in total. The lowest BCUT2D eigenvalue weighted by Crippen LogP contribution is -2.18. The molecule has 0 fully saturated rings. The zero-order valence-corrected chi connectivity index (χ0v) is 17.4. The van der Waals surface area contributed by atoms with Gasteiger partial charge in [-0.2, -0.15) is 0 Å². The molecule has 0 aliphatic heterocycles. The second-order valence-corrected chi connectivity index (χ2v) is 7.32. The molecule has 0 spiro atoms. The molecular formula is C23H23Cl2NO2. The molecule has 3 aromatic rings. The summed E-state index contributed by atoms with van der Waals surface area (Å²) in [4.78, 5) is 0. The van der Waals surface area contributed by atoms with Crippen LogP contribution < -0.4 is 14.8 Å². The summed E-state index contributed by atoms with van der Waals surface area (Å²) in [5.74, 6) is 1.12. The van der Waals surface area contributed by atoms with Gasteiger partial charge in [0.15, 0.2) is 11.5 Å². The van der Waals surface area contributed by atoms with Crippen LogP contribution in [0.1, 0.15) is 29.7 Å². The lowest BCUT2D eigenvalue weighted by atomic mass is 10.1. The van der Waals surface area contributed by atoms with Crippen LogP contribution in [0, 0.1) is 0 Å². The zero-order chi connectivity index (χ0) is 19.9. The highest BCUT2D eigenvalue weighted by atomic mass is 35.5. The van der Waals surface area contributed by atoms with Crippen LogP contribution in [0.25, 0.3) is 0 Å². The zero-order valence-electron chi connectivity index (χ0n) is 15.9. The van der Waals surface area contributed by atoms with Crippen LogP contribution in [-0.4, -0.2) is 7.11 Å². The Hall–Kier alpha value is -2.20. The topological polar surface area (TPSA) is 30.5 Å². The standard InChI is InChI=1S/C23H23Cl2NO2/c1-16(18-8-4-3-5-9-18)26-14-17-12-21(25)23(22(13-17)27-2)28-15-19-10-6-7-11-20(19)24/h3-13,16,26H,14-15H2,1-2H3/t16-/m1/s1. The molecule has 0 heterocycles. The normalized spacial score (nSPS) is 11.9. The molecule has 0 saturated heterocycles. The van der Waals surface area contributed by atoms with Gasteiger partial charge in [-0.25, -0.2) is 0 Å². The number of rotatable bonds is 8. The van der Waals surface area contributed by atoms with Crippen LogP contribution in [-0.2, 0) is 13.2 Å². The summed E-state index contributed by atoms with van der Waals surface area (Å²) >= 11 is 12.7. The van der Waals surface area contributed by atoms with Crippen LogP contribution >= 0.6 is 23.2 Å². The number of methoxy groups -OCH3 is 1. The highest BCUT2D eigenvalue weighted by Crippen LogP contribution is 2.37. The minimum Gasteiger partial charge on any atom is -0.493 e. The van der Waals surface area contributed by atoms with Crippen molar-refractivity contribution in [2.75, 3.05) is 7.11 Å². The minimum atomic E-state index is 0.224. The average Bonchev–Trinajstić information content (AvgIpc) is 2.72. The quantitative estimate of drug-likeness (QED) is 0.459. The van der Waals surface area contributed by atoms with Crippen LogP contribution in [0.3, 0.4) is 0 Å². The number of hydrogen-bond acceptors (Lipinski definition) is 3. The molecule has 146 valence electrons. The molecular weight excluding hydrogens is 393 g/mol. The van der Waals surface area contributed by atoms with Crippen LogP contribution in [0.15, 0.2) is 66.7 Å². The largest absolute Gasteiger partial charge is 0.493 e. The summed E-state index contributed by atoms with van der Waals surface area (Å²) in [6, 6.07) is 21.9. The molecule has 28 heavy (non-hydrogen) atoms. The van der Waals surface area contributed by atoms with E-state index in [-0.39, 0.29) is 6.04 Å². The van der Waals surface area contributed by atoms with E-state index in [0.717, 1.165) is 11.1 Å². The third kappa shape index (κ3) is 5.20. The second kappa shape index (κ2) is 9.83. The first-order chi connectivity index (χ1) is 13.6. The fraction of sp³-hybridized carbons (Fsp3) is 0.217. The van der Waals surface area contributed by atoms with Gasteiger partial charge >= 0.3 is 0 Å². The first-order valence-corrected chi connectivity index (χ1v) is 9.85. The third-order valence-corrected chi connectivity index (χ3v) is 5.18. The lowest BCUT2D eigenvalue weighted by Gasteiger charge is -2.17. The molecule has 3 rings (SSSR count). The fourth-order valence-electron chi connectivity index (χ4n) is 2.91. The molecule has 0 aromatic heterocycles. The molecule has 5 heteroatoms. The predicted octanol–water partition coefficient (Wildman–Crippen LogP) is 6.43. The van der Waals surface area contributed by atoms with Crippen molar-refractivity contribution in [2.45, 2.75) is 26.1 Å². The van der Waals surface area contributed by atoms with E-state index >= 15 is 0 Å². The van der Waals surface area contributed by atoms with Crippen molar-refractivity contribution in [1.29, 1.82) is 0 Å². The highest BCUT2D eigenvalue weighted by Gasteiger charge is 2.14. The van der Waals surface area contributed by atoms with Crippen molar-refractivity contribution < 1.29 is 9.47 Å². The van der Waals surface area contributed by atoms with Crippen LogP contribution in [0.5, 0.6) is 11.5 Å². The van der Waals surface area contributed by atoms with E-state index in [4.69, 9.17) is 32.7 Å². The van der Waals surface area contributed by atoms with Gasteiger partial charge in [0.1, 0.15) is 6.61 Å². The van der Waals surface area contributed by atoms with Crippen LogP contribution in [0.2, 0.25) is 10.0 Å². The van der Waals surface area contributed by atoms with E-state index in [1.54, 1.807) is 7.11 Å². The van der Waals surface area contributed by atoms with Crippen molar-refractivity contribution in [2.24, 2.45) is 0 Å². The maximum absolute atomic E-state index is 6.49. The monoisotopic (exact) mass is 415 g/mol. The molecule has 0 radical (unpaired) electrons. The average molecular weight is 416 g/mol. The van der Waals surface area contributed by atoms with E-state index in [1.165, 1.54) is 5.56 Å². The molecule has 0 aliphatic rings. The minimum absolute atomic E-state index is 0.224. The molecule has 0 aliphatic carbocycles. The summed E-state index contributed by atoms with van der Waals surface area (Å²) in [7, 11) is 1.61. The Labute approximate surface area is 176 Å². The van der Waals surface area contributed by atoms with Gasteiger partial charge in [0.25, 0.3) is 0 Å². The number of benzene rings is 3. The Bertz CT molecular complexity index is 916. The third-order valence-electron chi connectivity index (χ3n) is 4.53. The van der Waals surface area contributed by atoms with Crippen molar-refractivity contribution in [3.05, 3.63) is 93.5 Å². The lowest BCUT2D eigenvalue weighted by molar-refractivity contribution is 0.284.